The molecule has 2 nitrogen and oxygen atoms in total. The van der Waals surface area contributed by atoms with Gasteiger partial charge in [-0.2, -0.15) is 0 Å². The summed E-state index contributed by atoms with van der Waals surface area (Å²) in [6, 6.07) is 3.76. The van der Waals surface area contributed by atoms with Crippen LogP contribution in [0.15, 0.2) is 18.2 Å². The molecule has 2 N–H and O–H groups in total. The van der Waals surface area contributed by atoms with E-state index in [0.29, 0.717) is 18.5 Å². The first-order valence-electron chi connectivity index (χ1n) is 5.12. The molecule has 17 heavy (non-hydrogen) atoms. The monoisotopic (exact) mass is 249 g/mol. The Morgan fingerprint density at radius 3 is 2.41 bits per heavy atom. The van der Waals surface area contributed by atoms with Crippen LogP contribution in [0.25, 0.3) is 0 Å². The lowest BCUT2D eigenvalue weighted by Crippen LogP contribution is -2.41. The summed E-state index contributed by atoms with van der Waals surface area (Å²) in [5.74, 6) is 0. The molecule has 0 bridgehead atoms. The van der Waals surface area contributed by atoms with Crippen LogP contribution >= 0.6 is 0 Å². The molecule has 2 rings (SSSR count). The topological polar surface area (TPSA) is 32.3 Å². The maximum Gasteiger partial charge on any atom is 0.276 e. The van der Waals surface area contributed by atoms with Crippen molar-refractivity contribution in [3.8, 4) is 0 Å². The van der Waals surface area contributed by atoms with E-state index in [4.69, 9.17) is 0 Å². The molecule has 0 aromatic heterocycles. The minimum absolute atomic E-state index is 0.440. The first-order valence-corrected chi connectivity index (χ1v) is 5.12. The predicted octanol–water partition coefficient (Wildman–Crippen LogP) is 2.37. The molecule has 1 heterocycles. The van der Waals surface area contributed by atoms with E-state index in [-0.39, 0.29) is 0 Å². The van der Waals surface area contributed by atoms with E-state index in [1.54, 1.807) is 0 Å². The SMILES string of the molecule is OC(c1ccc2c(c1)CCN2)(C(F)F)C(F)F. The van der Waals surface area contributed by atoms with Crippen LogP contribution in [-0.2, 0) is 12.0 Å². The average molecular weight is 249 g/mol. The number of rotatable bonds is 3. The summed E-state index contributed by atoms with van der Waals surface area (Å²) in [5, 5.41) is 12.4. The summed E-state index contributed by atoms with van der Waals surface area (Å²) < 4.78 is 50.5. The second-order valence-electron chi connectivity index (χ2n) is 3.98. The van der Waals surface area contributed by atoms with Crippen molar-refractivity contribution in [2.75, 3.05) is 11.9 Å². The Morgan fingerprint density at radius 1 is 1.18 bits per heavy atom. The van der Waals surface area contributed by atoms with Crippen LogP contribution in [-0.4, -0.2) is 24.5 Å². The third-order valence-corrected chi connectivity index (χ3v) is 2.94. The maximum absolute atomic E-state index is 12.6. The van der Waals surface area contributed by atoms with Crippen LogP contribution < -0.4 is 5.32 Å². The van der Waals surface area contributed by atoms with Crippen LogP contribution in [0.3, 0.4) is 0 Å². The lowest BCUT2D eigenvalue weighted by molar-refractivity contribution is -0.183. The van der Waals surface area contributed by atoms with Gasteiger partial charge in [-0.3, -0.25) is 0 Å². The fourth-order valence-electron chi connectivity index (χ4n) is 1.90. The van der Waals surface area contributed by atoms with Gasteiger partial charge in [-0.05, 0) is 23.6 Å². The van der Waals surface area contributed by atoms with Gasteiger partial charge in [0.05, 0.1) is 0 Å². The fourth-order valence-corrected chi connectivity index (χ4v) is 1.90. The van der Waals surface area contributed by atoms with Crippen molar-refractivity contribution < 1.29 is 22.7 Å². The Hall–Kier alpha value is -1.30. The third kappa shape index (κ3) is 1.86. The number of anilines is 1. The van der Waals surface area contributed by atoms with Gasteiger partial charge in [-0.25, -0.2) is 17.6 Å². The zero-order valence-electron chi connectivity index (χ0n) is 8.76. The predicted molar refractivity (Wildman–Crippen MR) is 54.5 cm³/mol. The lowest BCUT2D eigenvalue weighted by Gasteiger charge is -2.27. The Balaban J connectivity index is 2.44. The quantitative estimate of drug-likeness (QED) is 0.806. The minimum atomic E-state index is -3.53. The molecular weight excluding hydrogens is 238 g/mol. The number of hydrogen-bond acceptors (Lipinski definition) is 2. The van der Waals surface area contributed by atoms with Gasteiger partial charge in [0.1, 0.15) is 0 Å². The molecule has 0 saturated heterocycles. The van der Waals surface area contributed by atoms with Gasteiger partial charge in [-0.1, -0.05) is 12.1 Å². The van der Waals surface area contributed by atoms with Crippen LogP contribution in [0.1, 0.15) is 11.1 Å². The van der Waals surface area contributed by atoms with Crippen molar-refractivity contribution in [3.63, 3.8) is 0 Å². The van der Waals surface area contributed by atoms with Gasteiger partial charge in [0.25, 0.3) is 12.9 Å². The number of halogens is 4. The van der Waals surface area contributed by atoms with Crippen LogP contribution in [0, 0.1) is 0 Å². The zero-order valence-corrected chi connectivity index (χ0v) is 8.76. The van der Waals surface area contributed by atoms with Crippen molar-refractivity contribution in [1.82, 2.24) is 0 Å². The second-order valence-corrected chi connectivity index (χ2v) is 3.98. The molecule has 0 spiro atoms. The highest BCUT2D eigenvalue weighted by atomic mass is 19.3. The Bertz CT molecular complexity index is 414. The molecule has 1 aliphatic rings. The van der Waals surface area contributed by atoms with E-state index in [1.807, 2.05) is 0 Å². The largest absolute Gasteiger partial charge is 0.384 e. The van der Waals surface area contributed by atoms with Gasteiger partial charge in [0.2, 0.25) is 5.60 Å². The summed E-state index contributed by atoms with van der Waals surface area (Å²) in [5.41, 5.74) is -2.43. The Labute approximate surface area is 95.3 Å². The summed E-state index contributed by atoms with van der Waals surface area (Å²) in [6.07, 6.45) is -6.49. The van der Waals surface area contributed by atoms with Crippen molar-refractivity contribution >= 4 is 5.69 Å². The van der Waals surface area contributed by atoms with E-state index >= 15 is 0 Å². The summed E-state index contributed by atoms with van der Waals surface area (Å²) in [6.45, 7) is 0.639. The standard InChI is InChI=1S/C11H11F4NO/c12-9(13)11(17,10(14)15)7-1-2-8-6(5-7)3-4-16-8/h1-2,5,9-10,16-17H,3-4H2. The van der Waals surface area contributed by atoms with Crippen molar-refractivity contribution in [2.24, 2.45) is 0 Å². The molecule has 0 unspecified atom stereocenters. The molecule has 0 aliphatic carbocycles. The number of aliphatic hydroxyl groups is 1. The number of benzene rings is 1. The van der Waals surface area contributed by atoms with Crippen molar-refractivity contribution in [2.45, 2.75) is 24.9 Å². The normalized spacial score (nSPS) is 15.2. The fraction of sp³-hybridized carbons (Fsp3) is 0.455. The maximum atomic E-state index is 12.6. The molecule has 6 heteroatoms. The van der Waals surface area contributed by atoms with Gasteiger partial charge in [0.15, 0.2) is 0 Å². The smallest absolute Gasteiger partial charge is 0.276 e. The number of hydrogen-bond donors (Lipinski definition) is 2. The number of fused-ring (bicyclic) bond motifs is 1. The van der Waals surface area contributed by atoms with E-state index in [2.05, 4.69) is 5.32 Å². The average Bonchev–Trinajstić information content (AvgIpc) is 2.73. The van der Waals surface area contributed by atoms with Crippen LogP contribution in [0.4, 0.5) is 23.2 Å². The molecule has 1 aliphatic heterocycles. The summed E-state index contributed by atoms with van der Waals surface area (Å²) >= 11 is 0. The molecule has 94 valence electrons. The lowest BCUT2D eigenvalue weighted by atomic mass is 9.92. The molecule has 1 aromatic rings. The van der Waals surface area contributed by atoms with Gasteiger partial charge in [0, 0.05) is 12.2 Å². The van der Waals surface area contributed by atoms with E-state index in [1.165, 1.54) is 12.1 Å². The Kier molecular flexibility index (Phi) is 2.99. The summed E-state index contributed by atoms with van der Waals surface area (Å²) in [7, 11) is 0. The zero-order chi connectivity index (χ0) is 12.6. The molecule has 0 fully saturated rings. The first-order chi connectivity index (χ1) is 7.96. The molecule has 1 aromatic carbocycles. The van der Waals surface area contributed by atoms with Crippen LogP contribution in [0.2, 0.25) is 0 Å². The van der Waals surface area contributed by atoms with E-state index < -0.39 is 24.0 Å². The van der Waals surface area contributed by atoms with E-state index in [9.17, 15) is 22.7 Å². The van der Waals surface area contributed by atoms with Crippen LogP contribution in [0.5, 0.6) is 0 Å². The Morgan fingerprint density at radius 2 is 1.82 bits per heavy atom. The second kappa shape index (κ2) is 4.18. The molecule has 0 saturated carbocycles. The number of alkyl halides is 4. The van der Waals surface area contributed by atoms with Crippen molar-refractivity contribution in [3.05, 3.63) is 29.3 Å². The highest BCUT2D eigenvalue weighted by Gasteiger charge is 2.48. The highest BCUT2D eigenvalue weighted by Crippen LogP contribution is 2.37. The van der Waals surface area contributed by atoms with Gasteiger partial charge in [-0.15, -0.1) is 0 Å². The molecule has 0 amide bonds. The molecule has 0 radical (unpaired) electrons. The number of nitrogens with one attached hydrogen (secondary N) is 1. The van der Waals surface area contributed by atoms with Gasteiger partial charge < -0.3 is 10.4 Å². The van der Waals surface area contributed by atoms with Gasteiger partial charge >= 0.3 is 0 Å². The van der Waals surface area contributed by atoms with Crippen molar-refractivity contribution in [1.29, 1.82) is 0 Å². The summed E-state index contributed by atoms with van der Waals surface area (Å²) in [4.78, 5) is 0. The molecule has 0 atom stereocenters. The first kappa shape index (κ1) is 12.2. The highest BCUT2D eigenvalue weighted by molar-refractivity contribution is 5.57. The minimum Gasteiger partial charge on any atom is -0.384 e. The molecular formula is C11H11F4NO. The third-order valence-electron chi connectivity index (χ3n) is 2.94. The van der Waals surface area contributed by atoms with E-state index in [0.717, 1.165) is 11.8 Å².